The first-order chi connectivity index (χ1) is 11.1. The van der Waals surface area contributed by atoms with Crippen LogP contribution in [0.3, 0.4) is 0 Å². The molecular formula is C18H23N3O2. The van der Waals surface area contributed by atoms with Crippen molar-refractivity contribution >= 4 is 17.4 Å². The Bertz CT molecular complexity index is 624. The van der Waals surface area contributed by atoms with Crippen LogP contribution in [0.1, 0.15) is 25.5 Å². The van der Waals surface area contributed by atoms with E-state index < -0.39 is 0 Å². The quantitative estimate of drug-likeness (QED) is 0.755. The number of ether oxygens (including phenoxy) is 1. The van der Waals surface area contributed by atoms with Gasteiger partial charge in [0.15, 0.2) is 0 Å². The molecule has 5 heteroatoms. The molecule has 0 spiro atoms. The molecule has 122 valence electrons. The first kappa shape index (κ1) is 16.8. The van der Waals surface area contributed by atoms with Crippen LogP contribution in [-0.2, 0) is 0 Å². The van der Waals surface area contributed by atoms with E-state index in [1.54, 1.807) is 0 Å². The van der Waals surface area contributed by atoms with Crippen molar-refractivity contribution in [3.8, 4) is 5.75 Å². The summed E-state index contributed by atoms with van der Waals surface area (Å²) in [5.41, 5.74) is 2.64. The SMILES string of the molecule is CCOc1ccc(NC(=O)Nc2ccc(C(C)NC)cc2)cc1. The van der Waals surface area contributed by atoms with Gasteiger partial charge in [0.05, 0.1) is 6.61 Å². The molecule has 1 atom stereocenters. The molecule has 0 aliphatic rings. The van der Waals surface area contributed by atoms with Gasteiger partial charge in [-0.25, -0.2) is 4.79 Å². The van der Waals surface area contributed by atoms with E-state index in [-0.39, 0.29) is 12.1 Å². The van der Waals surface area contributed by atoms with Crippen LogP contribution in [0.25, 0.3) is 0 Å². The number of rotatable bonds is 6. The van der Waals surface area contributed by atoms with Gasteiger partial charge in [-0.2, -0.15) is 0 Å². The van der Waals surface area contributed by atoms with Gasteiger partial charge in [0.1, 0.15) is 5.75 Å². The van der Waals surface area contributed by atoms with Crippen LogP contribution in [0.5, 0.6) is 5.75 Å². The Morgan fingerprint density at radius 2 is 1.52 bits per heavy atom. The molecule has 3 N–H and O–H groups in total. The molecule has 23 heavy (non-hydrogen) atoms. The Morgan fingerprint density at radius 1 is 1.00 bits per heavy atom. The Kier molecular flexibility index (Phi) is 6.00. The van der Waals surface area contributed by atoms with Crippen LogP contribution in [0.15, 0.2) is 48.5 Å². The molecule has 2 aromatic rings. The third-order valence-electron chi connectivity index (χ3n) is 3.52. The Labute approximate surface area is 137 Å². The monoisotopic (exact) mass is 313 g/mol. The van der Waals surface area contributed by atoms with Crippen molar-refractivity contribution in [2.75, 3.05) is 24.3 Å². The molecule has 1 unspecified atom stereocenters. The third-order valence-corrected chi connectivity index (χ3v) is 3.52. The lowest BCUT2D eigenvalue weighted by molar-refractivity contribution is 0.262. The van der Waals surface area contributed by atoms with Crippen molar-refractivity contribution in [3.05, 3.63) is 54.1 Å². The molecule has 5 nitrogen and oxygen atoms in total. The summed E-state index contributed by atoms with van der Waals surface area (Å²) in [4.78, 5) is 12.0. The van der Waals surface area contributed by atoms with E-state index >= 15 is 0 Å². The third kappa shape index (κ3) is 5.00. The lowest BCUT2D eigenvalue weighted by atomic mass is 10.1. The second kappa shape index (κ2) is 8.19. The maximum absolute atomic E-state index is 12.0. The van der Waals surface area contributed by atoms with Crippen LogP contribution in [0, 0.1) is 0 Å². The fourth-order valence-electron chi connectivity index (χ4n) is 2.12. The Hall–Kier alpha value is -2.53. The first-order valence-corrected chi connectivity index (χ1v) is 7.70. The zero-order valence-electron chi connectivity index (χ0n) is 13.7. The zero-order valence-corrected chi connectivity index (χ0v) is 13.7. The predicted molar refractivity (Wildman–Crippen MR) is 94.2 cm³/mol. The average Bonchev–Trinajstić information content (AvgIpc) is 2.57. The highest BCUT2D eigenvalue weighted by atomic mass is 16.5. The van der Waals surface area contributed by atoms with Gasteiger partial charge in [-0.1, -0.05) is 12.1 Å². The van der Waals surface area contributed by atoms with Crippen molar-refractivity contribution in [2.24, 2.45) is 0 Å². The topological polar surface area (TPSA) is 62.4 Å². The molecule has 0 heterocycles. The van der Waals surface area contributed by atoms with E-state index in [0.29, 0.717) is 12.3 Å². The lowest BCUT2D eigenvalue weighted by Crippen LogP contribution is -2.19. The molecule has 0 saturated heterocycles. The molecule has 2 aromatic carbocycles. The first-order valence-electron chi connectivity index (χ1n) is 7.70. The van der Waals surface area contributed by atoms with Crippen LogP contribution >= 0.6 is 0 Å². The van der Waals surface area contributed by atoms with Crippen molar-refractivity contribution in [2.45, 2.75) is 19.9 Å². The molecule has 0 aliphatic carbocycles. The number of anilines is 2. The summed E-state index contributed by atoms with van der Waals surface area (Å²) >= 11 is 0. The van der Waals surface area contributed by atoms with E-state index in [0.717, 1.165) is 11.4 Å². The van der Waals surface area contributed by atoms with E-state index in [4.69, 9.17) is 4.74 Å². The largest absolute Gasteiger partial charge is 0.494 e. The summed E-state index contributed by atoms with van der Waals surface area (Å²) in [6.07, 6.45) is 0. The minimum Gasteiger partial charge on any atom is -0.494 e. The number of urea groups is 1. The van der Waals surface area contributed by atoms with Gasteiger partial charge >= 0.3 is 6.03 Å². The van der Waals surface area contributed by atoms with Gasteiger partial charge < -0.3 is 20.7 Å². The number of amides is 2. The fourth-order valence-corrected chi connectivity index (χ4v) is 2.12. The average molecular weight is 313 g/mol. The maximum Gasteiger partial charge on any atom is 0.323 e. The summed E-state index contributed by atoms with van der Waals surface area (Å²) < 4.78 is 5.37. The summed E-state index contributed by atoms with van der Waals surface area (Å²) in [5, 5.41) is 8.78. The van der Waals surface area contributed by atoms with Crippen LogP contribution in [0.2, 0.25) is 0 Å². The normalized spacial score (nSPS) is 11.6. The fraction of sp³-hybridized carbons (Fsp3) is 0.278. The summed E-state index contributed by atoms with van der Waals surface area (Å²) in [6, 6.07) is 15.0. The highest BCUT2D eigenvalue weighted by Gasteiger charge is 2.05. The second-order valence-corrected chi connectivity index (χ2v) is 5.17. The Balaban J connectivity index is 1.91. The van der Waals surface area contributed by atoms with E-state index in [9.17, 15) is 4.79 Å². The maximum atomic E-state index is 12.0. The molecule has 2 rings (SSSR count). The highest BCUT2D eigenvalue weighted by Crippen LogP contribution is 2.17. The van der Waals surface area contributed by atoms with Crippen molar-refractivity contribution in [1.82, 2.24) is 5.32 Å². The van der Waals surface area contributed by atoms with Crippen molar-refractivity contribution < 1.29 is 9.53 Å². The van der Waals surface area contributed by atoms with E-state index in [1.165, 1.54) is 5.56 Å². The van der Waals surface area contributed by atoms with Gasteiger partial charge in [-0.15, -0.1) is 0 Å². The number of carbonyl (C=O) groups excluding carboxylic acids is 1. The molecular weight excluding hydrogens is 290 g/mol. The highest BCUT2D eigenvalue weighted by molar-refractivity contribution is 5.99. The zero-order chi connectivity index (χ0) is 16.7. The number of hydrogen-bond donors (Lipinski definition) is 3. The minimum absolute atomic E-state index is 0.274. The number of hydrogen-bond acceptors (Lipinski definition) is 3. The molecule has 0 aliphatic heterocycles. The van der Waals surface area contributed by atoms with Gasteiger partial charge in [-0.05, 0) is 62.9 Å². The number of benzene rings is 2. The molecule has 0 aromatic heterocycles. The number of nitrogens with one attached hydrogen (secondary N) is 3. The molecule has 0 radical (unpaired) electrons. The lowest BCUT2D eigenvalue weighted by Gasteiger charge is -2.12. The minimum atomic E-state index is -0.274. The Morgan fingerprint density at radius 3 is 2.00 bits per heavy atom. The smallest absolute Gasteiger partial charge is 0.323 e. The standard InChI is InChI=1S/C18H23N3O2/c1-4-23-17-11-9-16(10-12-17)21-18(22)20-15-7-5-14(6-8-15)13(2)19-3/h5-13,19H,4H2,1-3H3,(H2,20,21,22). The van der Waals surface area contributed by atoms with Crippen molar-refractivity contribution in [1.29, 1.82) is 0 Å². The van der Waals surface area contributed by atoms with Gasteiger partial charge in [-0.3, -0.25) is 0 Å². The van der Waals surface area contributed by atoms with Gasteiger partial charge in [0.25, 0.3) is 0 Å². The summed E-state index contributed by atoms with van der Waals surface area (Å²) in [5.74, 6) is 0.785. The number of carbonyl (C=O) groups is 1. The molecule has 0 bridgehead atoms. The van der Waals surface area contributed by atoms with Crippen LogP contribution in [-0.4, -0.2) is 19.7 Å². The molecule has 2 amide bonds. The van der Waals surface area contributed by atoms with Crippen molar-refractivity contribution in [3.63, 3.8) is 0 Å². The van der Waals surface area contributed by atoms with Crippen LogP contribution < -0.4 is 20.7 Å². The molecule has 0 saturated carbocycles. The second-order valence-electron chi connectivity index (χ2n) is 5.17. The van der Waals surface area contributed by atoms with Gasteiger partial charge in [0, 0.05) is 17.4 Å². The van der Waals surface area contributed by atoms with Gasteiger partial charge in [0.2, 0.25) is 0 Å². The summed E-state index contributed by atoms with van der Waals surface area (Å²) in [7, 11) is 1.92. The molecule has 0 fully saturated rings. The van der Waals surface area contributed by atoms with Crippen LogP contribution in [0.4, 0.5) is 16.2 Å². The van der Waals surface area contributed by atoms with E-state index in [2.05, 4.69) is 22.9 Å². The predicted octanol–water partition coefficient (Wildman–Crippen LogP) is 4.01. The summed E-state index contributed by atoms with van der Waals surface area (Å²) in [6.45, 7) is 4.64. The van der Waals surface area contributed by atoms with E-state index in [1.807, 2.05) is 62.5 Å².